The fraction of sp³-hybridized carbons (Fsp3) is 0.375. The first-order valence-corrected chi connectivity index (χ1v) is 18.7. The third-order valence-electron chi connectivity index (χ3n) is 10.6. The van der Waals surface area contributed by atoms with Gasteiger partial charge in [-0.15, -0.1) is 5.10 Å². The second-order valence-corrected chi connectivity index (χ2v) is 15.4. The van der Waals surface area contributed by atoms with E-state index in [-0.39, 0.29) is 58.5 Å². The summed E-state index contributed by atoms with van der Waals surface area (Å²) in [5, 5.41) is 6.93. The number of likely N-dealkylation sites (tertiary alicyclic amines) is 1. The van der Waals surface area contributed by atoms with Crippen LogP contribution in [-0.2, 0) is 29.5 Å². The number of nitrogens with zero attached hydrogens (tertiary/aromatic N) is 8. The van der Waals surface area contributed by atoms with Crippen LogP contribution in [0.15, 0.2) is 66.2 Å². The lowest BCUT2D eigenvalue weighted by Gasteiger charge is -2.39. The maximum Gasteiger partial charge on any atom is 0.416 e. The summed E-state index contributed by atoms with van der Waals surface area (Å²) in [4.78, 5) is 59.2. The van der Waals surface area contributed by atoms with Crippen LogP contribution in [0.5, 0.6) is 5.75 Å². The topological polar surface area (TPSA) is 140 Å². The smallest absolute Gasteiger partial charge is 0.416 e. The molecule has 0 saturated carbocycles. The van der Waals surface area contributed by atoms with Crippen LogP contribution in [0.4, 0.5) is 18.9 Å². The van der Waals surface area contributed by atoms with E-state index in [4.69, 9.17) is 16.3 Å². The van der Waals surface area contributed by atoms with E-state index in [9.17, 15) is 27.6 Å². The van der Waals surface area contributed by atoms with Gasteiger partial charge in [-0.1, -0.05) is 55.4 Å². The van der Waals surface area contributed by atoms with E-state index >= 15 is 0 Å². The number of rotatable bonds is 10. The summed E-state index contributed by atoms with van der Waals surface area (Å²) in [7, 11) is 3.72. The fourth-order valence-corrected chi connectivity index (χ4v) is 8.24. The predicted molar refractivity (Wildman–Crippen MR) is 207 cm³/mol. The van der Waals surface area contributed by atoms with Crippen molar-refractivity contribution < 1.29 is 27.5 Å². The lowest BCUT2D eigenvalue weighted by atomic mass is 9.73. The molecule has 2 aromatic carbocycles. The first-order valence-electron chi connectivity index (χ1n) is 18.4. The number of nitrogens with one attached hydrogen (secondary N) is 1. The molecule has 13 nitrogen and oxygen atoms in total. The van der Waals surface area contributed by atoms with Crippen molar-refractivity contribution in [1.29, 1.82) is 0 Å². The van der Waals surface area contributed by atoms with Crippen LogP contribution in [0.1, 0.15) is 76.5 Å². The molecular formula is C40H41ClF3N9O4. The highest BCUT2D eigenvalue weighted by molar-refractivity contribution is 6.33. The average molecular weight is 804 g/mol. The number of amides is 2. The standard InChI is InChI=1S/C40H41ClF3N9O4/c1-23-18-39(13-15-51(16-14-39)37(56)32-34(25(3)45-22-46-32)57-21-26-9-7-6-8-10-26)31-33(23)52(38-48-35(24(2)19-50(4)5)49-53(38)36(31)55)20-30(54)47-29-12-11-27(17-28(29)41)40(42,43)44/h6-12,17,22-23H,2,13-16,18-21H2,1,3-5H3,(H,47,54). The van der Waals surface area contributed by atoms with E-state index in [1.807, 2.05) is 56.3 Å². The van der Waals surface area contributed by atoms with Crippen LogP contribution in [0.25, 0.3) is 11.4 Å². The molecule has 2 aliphatic rings. The number of halogens is 4. The Labute approximate surface area is 331 Å². The molecular weight excluding hydrogens is 763 g/mol. The number of carbonyl (C=O) groups excluding carboxylic acids is 2. The van der Waals surface area contributed by atoms with Crippen molar-refractivity contribution >= 4 is 40.5 Å². The summed E-state index contributed by atoms with van der Waals surface area (Å²) in [6.45, 7) is 8.79. The SMILES string of the molecule is C=C(CN(C)C)c1nc2n(CC(=O)Nc3ccc(C(F)(F)F)cc3Cl)c3c(c(=O)n2n1)C1(CCN(C(=O)c2ncnc(C)c2OCc2ccccc2)CC1)CC3C. The van der Waals surface area contributed by atoms with Gasteiger partial charge in [0.2, 0.25) is 11.7 Å². The lowest BCUT2D eigenvalue weighted by Crippen LogP contribution is -2.47. The zero-order valence-corrected chi connectivity index (χ0v) is 32.6. The highest BCUT2D eigenvalue weighted by Gasteiger charge is 2.49. The molecule has 1 fully saturated rings. The molecule has 1 spiro atoms. The number of carbonyl (C=O) groups is 2. The molecule has 2 amide bonds. The number of aromatic nitrogens is 6. The third-order valence-corrected chi connectivity index (χ3v) is 10.9. The second kappa shape index (κ2) is 15.4. The largest absolute Gasteiger partial charge is 0.485 e. The van der Waals surface area contributed by atoms with Gasteiger partial charge in [-0.3, -0.25) is 14.4 Å². The Morgan fingerprint density at radius 1 is 1.11 bits per heavy atom. The van der Waals surface area contributed by atoms with Crippen LogP contribution < -0.4 is 15.6 Å². The molecule has 7 rings (SSSR count). The summed E-state index contributed by atoms with van der Waals surface area (Å²) in [5.41, 5.74) is 1.30. The van der Waals surface area contributed by atoms with Gasteiger partial charge in [0.25, 0.3) is 11.5 Å². The Morgan fingerprint density at radius 2 is 1.82 bits per heavy atom. The molecule has 3 aromatic heterocycles. The zero-order chi connectivity index (χ0) is 40.8. The van der Waals surface area contributed by atoms with Gasteiger partial charge in [0, 0.05) is 41.9 Å². The van der Waals surface area contributed by atoms with Crippen molar-refractivity contribution in [3.63, 3.8) is 0 Å². The van der Waals surface area contributed by atoms with Gasteiger partial charge in [0.05, 0.1) is 22.0 Å². The summed E-state index contributed by atoms with van der Waals surface area (Å²) >= 11 is 6.18. The van der Waals surface area contributed by atoms with Gasteiger partial charge >= 0.3 is 6.18 Å². The van der Waals surface area contributed by atoms with Crippen molar-refractivity contribution in [3.05, 3.63) is 116 Å². The Balaban J connectivity index is 1.20. The van der Waals surface area contributed by atoms with Gasteiger partial charge in [-0.25, -0.2) is 9.97 Å². The van der Waals surface area contributed by atoms with Crippen molar-refractivity contribution in [2.45, 2.75) is 63.8 Å². The molecule has 0 radical (unpaired) electrons. The Hall–Kier alpha value is -5.61. The number of benzene rings is 2. The molecule has 0 bridgehead atoms. The minimum atomic E-state index is -4.61. The number of alkyl halides is 3. The number of aryl methyl sites for hydroxylation is 1. The first-order chi connectivity index (χ1) is 27.1. The van der Waals surface area contributed by atoms with E-state index in [0.29, 0.717) is 67.2 Å². The molecule has 1 unspecified atom stereocenters. The number of ether oxygens (including phenoxy) is 1. The summed E-state index contributed by atoms with van der Waals surface area (Å²) in [6.07, 6.45) is -1.81. The molecule has 1 N–H and O–H groups in total. The Kier molecular flexibility index (Phi) is 10.7. The average Bonchev–Trinajstić information content (AvgIpc) is 3.73. The van der Waals surface area contributed by atoms with E-state index in [1.54, 1.807) is 16.4 Å². The molecule has 17 heteroatoms. The zero-order valence-electron chi connectivity index (χ0n) is 31.9. The molecule has 1 aliphatic heterocycles. The molecule has 1 atom stereocenters. The highest BCUT2D eigenvalue weighted by Crippen LogP contribution is 2.50. The number of likely N-dealkylation sites (N-methyl/N-ethyl adjacent to an activating group) is 1. The fourth-order valence-electron chi connectivity index (χ4n) is 8.01. The first kappa shape index (κ1) is 39.6. The van der Waals surface area contributed by atoms with Gasteiger partial charge in [0.15, 0.2) is 17.3 Å². The molecule has 298 valence electrons. The van der Waals surface area contributed by atoms with Crippen LogP contribution in [-0.4, -0.2) is 84.5 Å². The number of fused-ring (bicyclic) bond motifs is 3. The van der Waals surface area contributed by atoms with E-state index < -0.39 is 23.1 Å². The molecule has 57 heavy (non-hydrogen) atoms. The Morgan fingerprint density at radius 3 is 2.49 bits per heavy atom. The minimum Gasteiger partial charge on any atom is -0.485 e. The molecule has 1 saturated heterocycles. The van der Waals surface area contributed by atoms with E-state index in [2.05, 4.69) is 31.9 Å². The molecule has 5 aromatic rings. The highest BCUT2D eigenvalue weighted by atomic mass is 35.5. The number of anilines is 1. The van der Waals surface area contributed by atoms with E-state index in [1.165, 1.54) is 10.8 Å². The van der Waals surface area contributed by atoms with Crippen molar-refractivity contribution in [3.8, 4) is 5.75 Å². The van der Waals surface area contributed by atoms with Gasteiger partial charge in [0.1, 0.15) is 19.5 Å². The predicted octanol–water partition coefficient (Wildman–Crippen LogP) is 6.14. The van der Waals surface area contributed by atoms with Gasteiger partial charge in [-0.05, 0) is 70.0 Å². The summed E-state index contributed by atoms with van der Waals surface area (Å²) in [5.74, 6) is -0.449. The number of piperidine rings is 1. The number of hydrogen-bond donors (Lipinski definition) is 1. The van der Waals surface area contributed by atoms with Crippen molar-refractivity contribution in [2.24, 2.45) is 0 Å². The maximum absolute atomic E-state index is 14.6. The minimum absolute atomic E-state index is 0.000967. The van der Waals surface area contributed by atoms with Crippen LogP contribution in [0.3, 0.4) is 0 Å². The van der Waals surface area contributed by atoms with Gasteiger partial charge < -0.3 is 24.4 Å². The van der Waals surface area contributed by atoms with Gasteiger partial charge in [-0.2, -0.15) is 22.7 Å². The van der Waals surface area contributed by atoms with Crippen LogP contribution in [0.2, 0.25) is 5.02 Å². The van der Waals surface area contributed by atoms with E-state index in [0.717, 1.165) is 23.8 Å². The quantitative estimate of drug-likeness (QED) is 0.177. The normalized spacial score (nSPS) is 16.3. The van der Waals surface area contributed by atoms with Crippen LogP contribution in [0, 0.1) is 6.92 Å². The third kappa shape index (κ3) is 7.75. The van der Waals surface area contributed by atoms with Crippen molar-refractivity contribution in [1.82, 2.24) is 38.9 Å². The summed E-state index contributed by atoms with van der Waals surface area (Å²) in [6, 6.07) is 12.3. The molecule has 1 aliphatic carbocycles. The van der Waals surface area contributed by atoms with Crippen LogP contribution >= 0.6 is 11.6 Å². The second-order valence-electron chi connectivity index (χ2n) is 15.0. The summed E-state index contributed by atoms with van der Waals surface area (Å²) < 4.78 is 48.8. The van der Waals surface area contributed by atoms with Crippen molar-refractivity contribution in [2.75, 3.05) is 39.0 Å². The maximum atomic E-state index is 14.6. The monoisotopic (exact) mass is 803 g/mol. The Bertz CT molecular complexity index is 2440. The lowest BCUT2D eigenvalue weighted by molar-refractivity contribution is -0.137. The number of hydrogen-bond acceptors (Lipinski definition) is 9. The molecule has 4 heterocycles.